The Morgan fingerprint density at radius 2 is 2.06 bits per heavy atom. The predicted octanol–water partition coefficient (Wildman–Crippen LogP) is 2.50. The Hall–Kier alpha value is -2.20. The van der Waals surface area contributed by atoms with E-state index in [0.29, 0.717) is 6.42 Å². The molecule has 18 heavy (non-hydrogen) atoms. The van der Waals surface area contributed by atoms with Crippen LogP contribution in [0.4, 0.5) is 0 Å². The summed E-state index contributed by atoms with van der Waals surface area (Å²) in [4.78, 5) is 8.51. The molecule has 3 rings (SSSR count). The molecule has 2 heterocycles. The van der Waals surface area contributed by atoms with Gasteiger partial charge in [0.15, 0.2) is 0 Å². The van der Waals surface area contributed by atoms with Gasteiger partial charge >= 0.3 is 0 Å². The second-order valence-corrected chi connectivity index (χ2v) is 4.12. The van der Waals surface area contributed by atoms with Gasteiger partial charge in [-0.3, -0.25) is 9.97 Å². The van der Waals surface area contributed by atoms with Crippen molar-refractivity contribution in [2.45, 2.75) is 12.5 Å². The van der Waals surface area contributed by atoms with Crippen LogP contribution in [0.2, 0.25) is 0 Å². The van der Waals surface area contributed by atoms with Gasteiger partial charge in [-0.2, -0.15) is 0 Å². The molecule has 0 amide bonds. The van der Waals surface area contributed by atoms with E-state index in [1.54, 1.807) is 24.9 Å². The molecule has 0 bridgehead atoms. The summed E-state index contributed by atoms with van der Waals surface area (Å²) in [6.45, 7) is 0. The van der Waals surface area contributed by atoms with Crippen LogP contribution >= 0.6 is 0 Å². The lowest BCUT2D eigenvalue weighted by atomic mass is 10.0. The number of fused-ring (bicyclic) bond motifs is 1. The maximum Gasteiger partial charge on any atom is 0.0944 e. The van der Waals surface area contributed by atoms with E-state index in [9.17, 15) is 5.11 Å². The topological polar surface area (TPSA) is 59.2 Å². The van der Waals surface area contributed by atoms with Gasteiger partial charge in [0.2, 0.25) is 0 Å². The van der Waals surface area contributed by atoms with Gasteiger partial charge in [0.25, 0.3) is 0 Å². The number of aliphatic hydroxyl groups is 1. The Morgan fingerprint density at radius 1 is 1.17 bits per heavy atom. The molecule has 90 valence electrons. The number of aliphatic hydroxyl groups excluding tert-OH is 1. The third kappa shape index (κ3) is 1.98. The first-order chi connectivity index (χ1) is 8.84. The molecule has 0 saturated carbocycles. The third-order valence-electron chi connectivity index (χ3n) is 2.90. The molecule has 0 aliphatic carbocycles. The van der Waals surface area contributed by atoms with Crippen molar-refractivity contribution in [3.63, 3.8) is 0 Å². The molecule has 2 aromatic heterocycles. The van der Waals surface area contributed by atoms with Crippen molar-refractivity contribution in [2.75, 3.05) is 0 Å². The molecule has 1 atom stereocenters. The fourth-order valence-electron chi connectivity index (χ4n) is 2.03. The first kappa shape index (κ1) is 10.9. The lowest BCUT2D eigenvalue weighted by Gasteiger charge is -2.11. The highest BCUT2D eigenvalue weighted by Crippen LogP contribution is 2.24. The van der Waals surface area contributed by atoms with Gasteiger partial charge in [-0.1, -0.05) is 12.1 Å². The van der Waals surface area contributed by atoms with Gasteiger partial charge < -0.3 is 9.52 Å². The van der Waals surface area contributed by atoms with Gasteiger partial charge in [-0.15, -0.1) is 0 Å². The average Bonchev–Trinajstić information content (AvgIpc) is 2.91. The second-order valence-electron chi connectivity index (χ2n) is 4.12. The van der Waals surface area contributed by atoms with Crippen LogP contribution in [0.15, 0.2) is 53.6 Å². The highest BCUT2D eigenvalue weighted by atomic mass is 16.3. The van der Waals surface area contributed by atoms with Gasteiger partial charge in [0.1, 0.15) is 0 Å². The van der Waals surface area contributed by atoms with Crippen molar-refractivity contribution in [1.82, 2.24) is 9.97 Å². The lowest BCUT2D eigenvalue weighted by Crippen LogP contribution is -2.03. The van der Waals surface area contributed by atoms with E-state index in [1.807, 2.05) is 24.3 Å². The molecular weight excluding hydrogens is 228 g/mol. The Bertz CT molecular complexity index is 644. The summed E-state index contributed by atoms with van der Waals surface area (Å²) in [6, 6.07) is 7.49. The van der Waals surface area contributed by atoms with Crippen molar-refractivity contribution < 1.29 is 9.52 Å². The Morgan fingerprint density at radius 3 is 2.89 bits per heavy atom. The number of hydrogen-bond acceptors (Lipinski definition) is 4. The van der Waals surface area contributed by atoms with Crippen LogP contribution in [-0.4, -0.2) is 15.1 Å². The van der Waals surface area contributed by atoms with Crippen LogP contribution < -0.4 is 0 Å². The quantitative estimate of drug-likeness (QED) is 0.764. The first-order valence-corrected chi connectivity index (χ1v) is 5.73. The highest BCUT2D eigenvalue weighted by Gasteiger charge is 2.13. The lowest BCUT2D eigenvalue weighted by molar-refractivity contribution is 0.179. The van der Waals surface area contributed by atoms with Crippen LogP contribution in [0.1, 0.15) is 17.2 Å². The minimum Gasteiger partial charge on any atom is -0.472 e. The summed E-state index contributed by atoms with van der Waals surface area (Å²) in [5.74, 6) is 0. The molecule has 0 spiro atoms. The van der Waals surface area contributed by atoms with E-state index in [0.717, 1.165) is 22.2 Å². The monoisotopic (exact) mass is 240 g/mol. The van der Waals surface area contributed by atoms with Crippen LogP contribution in [0.5, 0.6) is 0 Å². The minimum atomic E-state index is -0.608. The SMILES string of the molecule is OC(Cc1ccoc1)c1cccc2nccnc12. The zero-order valence-electron chi connectivity index (χ0n) is 9.65. The number of nitrogens with zero attached hydrogens (tertiary/aromatic N) is 2. The summed E-state index contributed by atoms with van der Waals surface area (Å²) in [5, 5.41) is 10.3. The molecule has 0 aliphatic rings. The largest absolute Gasteiger partial charge is 0.472 e. The normalized spacial score (nSPS) is 12.7. The standard InChI is InChI=1S/C14H12N2O2/c17-13(8-10-4-7-18-9-10)11-2-1-3-12-14(11)16-6-5-15-12/h1-7,9,13,17H,8H2. The van der Waals surface area contributed by atoms with Crippen LogP contribution in [0, 0.1) is 0 Å². The van der Waals surface area contributed by atoms with Gasteiger partial charge in [-0.05, 0) is 17.7 Å². The molecule has 0 saturated heterocycles. The molecule has 1 aromatic carbocycles. The molecular formula is C14H12N2O2. The maximum absolute atomic E-state index is 10.3. The fraction of sp³-hybridized carbons (Fsp3) is 0.143. The molecule has 0 fully saturated rings. The smallest absolute Gasteiger partial charge is 0.0944 e. The van der Waals surface area contributed by atoms with Gasteiger partial charge in [0.05, 0.1) is 29.7 Å². The van der Waals surface area contributed by atoms with E-state index >= 15 is 0 Å². The minimum absolute atomic E-state index is 0.506. The number of rotatable bonds is 3. The van der Waals surface area contributed by atoms with Gasteiger partial charge in [0, 0.05) is 24.4 Å². The highest BCUT2D eigenvalue weighted by molar-refractivity contribution is 5.77. The summed E-state index contributed by atoms with van der Waals surface area (Å²) >= 11 is 0. The second kappa shape index (κ2) is 4.58. The van der Waals surface area contributed by atoms with Crippen LogP contribution in [-0.2, 0) is 6.42 Å². The summed E-state index contributed by atoms with van der Waals surface area (Å²) in [6.07, 6.45) is 6.42. The zero-order valence-corrected chi connectivity index (χ0v) is 9.65. The van der Waals surface area contributed by atoms with E-state index in [4.69, 9.17) is 4.42 Å². The molecule has 3 aromatic rings. The predicted molar refractivity (Wildman–Crippen MR) is 66.9 cm³/mol. The van der Waals surface area contributed by atoms with E-state index in [2.05, 4.69) is 9.97 Å². The van der Waals surface area contributed by atoms with E-state index in [1.165, 1.54) is 0 Å². The molecule has 1 N–H and O–H groups in total. The Labute approximate surface area is 104 Å². The van der Waals surface area contributed by atoms with Crippen LogP contribution in [0.3, 0.4) is 0 Å². The fourth-order valence-corrected chi connectivity index (χ4v) is 2.03. The first-order valence-electron chi connectivity index (χ1n) is 5.73. The molecule has 4 nitrogen and oxygen atoms in total. The average molecular weight is 240 g/mol. The zero-order chi connectivity index (χ0) is 12.4. The summed E-state index contributed by atoms with van der Waals surface area (Å²) < 4.78 is 5.00. The summed E-state index contributed by atoms with van der Waals surface area (Å²) in [5.41, 5.74) is 3.29. The van der Waals surface area contributed by atoms with Crippen molar-refractivity contribution in [3.8, 4) is 0 Å². The summed E-state index contributed by atoms with van der Waals surface area (Å²) in [7, 11) is 0. The molecule has 4 heteroatoms. The number of para-hydroxylation sites is 1. The van der Waals surface area contributed by atoms with Crippen LogP contribution in [0.25, 0.3) is 11.0 Å². The molecule has 0 radical (unpaired) electrons. The maximum atomic E-state index is 10.3. The number of furan rings is 1. The Kier molecular flexibility index (Phi) is 2.78. The number of aromatic nitrogens is 2. The van der Waals surface area contributed by atoms with Gasteiger partial charge in [-0.25, -0.2) is 0 Å². The van der Waals surface area contributed by atoms with Crippen molar-refractivity contribution in [2.24, 2.45) is 0 Å². The molecule has 0 aliphatic heterocycles. The number of hydrogen-bond donors (Lipinski definition) is 1. The van der Waals surface area contributed by atoms with Crippen molar-refractivity contribution >= 4 is 11.0 Å². The van der Waals surface area contributed by atoms with E-state index < -0.39 is 6.10 Å². The van der Waals surface area contributed by atoms with Crippen molar-refractivity contribution in [1.29, 1.82) is 0 Å². The van der Waals surface area contributed by atoms with Crippen molar-refractivity contribution in [3.05, 3.63) is 60.3 Å². The molecule has 1 unspecified atom stereocenters. The number of benzene rings is 1. The Balaban J connectivity index is 1.98. The van der Waals surface area contributed by atoms with E-state index in [-0.39, 0.29) is 0 Å². The third-order valence-corrected chi connectivity index (χ3v) is 2.90.